The summed E-state index contributed by atoms with van der Waals surface area (Å²) < 4.78 is 5.09. The Morgan fingerprint density at radius 3 is 2.75 bits per heavy atom. The van der Waals surface area contributed by atoms with Crippen molar-refractivity contribution in [3.05, 3.63) is 34.2 Å². The van der Waals surface area contributed by atoms with Crippen molar-refractivity contribution in [2.45, 2.75) is 32.8 Å². The molecule has 0 aliphatic carbocycles. The van der Waals surface area contributed by atoms with Gasteiger partial charge in [-0.25, -0.2) is 4.79 Å². The molecule has 1 rings (SSSR count). The summed E-state index contributed by atoms with van der Waals surface area (Å²) in [5, 5.41) is 15.7. The number of nitrogens with zero attached hydrogens (tertiary/aromatic N) is 3. The first kappa shape index (κ1) is 15.7. The maximum absolute atomic E-state index is 11.6. The lowest BCUT2D eigenvalue weighted by Crippen LogP contribution is -2.27. The predicted octanol–water partition coefficient (Wildman–Crippen LogP) is 3.59. The normalized spacial score (nSPS) is 10.6. The van der Waals surface area contributed by atoms with E-state index in [9.17, 15) is 9.90 Å². The van der Waals surface area contributed by atoms with E-state index >= 15 is 0 Å². The molecule has 2 N–H and O–H groups in total. The van der Waals surface area contributed by atoms with Crippen LogP contribution in [0.3, 0.4) is 0 Å². The van der Waals surface area contributed by atoms with Crippen LogP contribution in [0.15, 0.2) is 23.3 Å². The summed E-state index contributed by atoms with van der Waals surface area (Å²) in [4.78, 5) is 14.2. The molecular weight excluding hydrogens is 260 g/mol. The highest BCUT2D eigenvalue weighted by Crippen LogP contribution is 2.25. The topological polar surface area (TPSA) is 107 Å². The largest absolute Gasteiger partial charge is 0.506 e. The average molecular weight is 278 g/mol. The summed E-state index contributed by atoms with van der Waals surface area (Å²) in [5.74, 6) is -0.0608. The first-order valence-electron chi connectivity index (χ1n) is 6.14. The number of ether oxygens (including phenoxy) is 1. The number of carbonyl (C=O) groups is 1. The number of carbonyl (C=O) groups excluding carboxylic acids is 1. The van der Waals surface area contributed by atoms with Crippen LogP contribution in [0, 0.1) is 0 Å². The van der Waals surface area contributed by atoms with Crippen molar-refractivity contribution in [2.75, 3.05) is 11.9 Å². The second-order valence-corrected chi connectivity index (χ2v) is 5.18. The number of benzene rings is 1. The highest BCUT2D eigenvalue weighted by Gasteiger charge is 2.17. The number of azide groups is 1. The van der Waals surface area contributed by atoms with Crippen LogP contribution in [0.4, 0.5) is 10.5 Å². The number of rotatable bonds is 4. The van der Waals surface area contributed by atoms with Gasteiger partial charge in [0.15, 0.2) is 0 Å². The molecule has 1 aromatic carbocycles. The standard InChI is InChI=1S/C13H18N4O3/c1-13(2,3)20-12(19)16-10-5-4-9(8-11(10)18)6-7-15-17-14/h4-5,8,18H,6-7H2,1-3H3,(H,16,19). The number of phenols is 1. The monoisotopic (exact) mass is 278 g/mol. The van der Waals surface area contributed by atoms with E-state index in [-0.39, 0.29) is 11.4 Å². The van der Waals surface area contributed by atoms with Gasteiger partial charge >= 0.3 is 6.09 Å². The Bertz CT molecular complexity index is 531. The van der Waals surface area contributed by atoms with Gasteiger partial charge in [-0.2, -0.15) is 0 Å². The fourth-order valence-corrected chi connectivity index (χ4v) is 1.48. The molecule has 0 fully saturated rings. The predicted molar refractivity (Wildman–Crippen MR) is 75.7 cm³/mol. The maximum atomic E-state index is 11.6. The molecule has 7 nitrogen and oxygen atoms in total. The zero-order valence-corrected chi connectivity index (χ0v) is 11.8. The summed E-state index contributed by atoms with van der Waals surface area (Å²) in [6, 6.07) is 4.82. The molecule has 0 heterocycles. The van der Waals surface area contributed by atoms with Gasteiger partial charge in [-0.1, -0.05) is 11.2 Å². The Hall–Kier alpha value is -2.40. The Morgan fingerprint density at radius 1 is 1.50 bits per heavy atom. The quantitative estimate of drug-likeness (QED) is 0.380. The third kappa shape index (κ3) is 5.49. The van der Waals surface area contributed by atoms with E-state index in [1.54, 1.807) is 32.9 Å². The van der Waals surface area contributed by atoms with Crippen molar-refractivity contribution in [3.8, 4) is 5.75 Å². The number of hydrogen-bond acceptors (Lipinski definition) is 4. The van der Waals surface area contributed by atoms with Crippen molar-refractivity contribution in [2.24, 2.45) is 5.11 Å². The summed E-state index contributed by atoms with van der Waals surface area (Å²) in [7, 11) is 0. The molecule has 0 radical (unpaired) electrons. The number of aromatic hydroxyl groups is 1. The van der Waals surface area contributed by atoms with Gasteiger partial charge in [-0.15, -0.1) is 0 Å². The molecule has 0 saturated carbocycles. The highest BCUT2D eigenvalue weighted by molar-refractivity contribution is 5.86. The van der Waals surface area contributed by atoms with Gasteiger partial charge < -0.3 is 9.84 Å². The lowest BCUT2D eigenvalue weighted by molar-refractivity contribution is 0.0635. The fraction of sp³-hybridized carbons (Fsp3) is 0.462. The Morgan fingerprint density at radius 2 is 2.20 bits per heavy atom. The third-order valence-electron chi connectivity index (χ3n) is 2.26. The first-order valence-corrected chi connectivity index (χ1v) is 6.14. The molecule has 108 valence electrons. The van der Waals surface area contributed by atoms with Crippen molar-refractivity contribution in [3.63, 3.8) is 0 Å². The van der Waals surface area contributed by atoms with Crippen LogP contribution < -0.4 is 5.32 Å². The molecule has 0 spiro atoms. The van der Waals surface area contributed by atoms with E-state index in [1.807, 2.05) is 0 Å². The van der Waals surface area contributed by atoms with Gasteiger partial charge in [0.1, 0.15) is 11.4 Å². The molecular formula is C13H18N4O3. The highest BCUT2D eigenvalue weighted by atomic mass is 16.6. The van der Waals surface area contributed by atoms with Gasteiger partial charge in [-0.3, -0.25) is 5.32 Å². The Labute approximate surface area is 117 Å². The molecule has 20 heavy (non-hydrogen) atoms. The number of hydrogen-bond donors (Lipinski definition) is 2. The van der Waals surface area contributed by atoms with Gasteiger partial charge in [0.25, 0.3) is 0 Å². The van der Waals surface area contributed by atoms with E-state index in [2.05, 4.69) is 15.3 Å². The molecule has 1 amide bonds. The summed E-state index contributed by atoms with van der Waals surface area (Å²) in [6.45, 7) is 5.58. The summed E-state index contributed by atoms with van der Waals surface area (Å²) in [5.41, 5.74) is 8.66. The number of anilines is 1. The van der Waals surface area contributed by atoms with E-state index in [4.69, 9.17) is 10.3 Å². The summed E-state index contributed by atoms with van der Waals surface area (Å²) in [6.07, 6.45) is -0.112. The number of nitrogens with one attached hydrogen (secondary N) is 1. The van der Waals surface area contributed by atoms with E-state index in [0.717, 1.165) is 5.56 Å². The molecule has 0 aromatic heterocycles. The lowest BCUT2D eigenvalue weighted by atomic mass is 10.1. The van der Waals surface area contributed by atoms with Crippen LogP contribution >= 0.6 is 0 Å². The van der Waals surface area contributed by atoms with Crippen molar-refractivity contribution < 1.29 is 14.6 Å². The zero-order valence-electron chi connectivity index (χ0n) is 11.8. The van der Waals surface area contributed by atoms with Crippen LogP contribution in [0.25, 0.3) is 10.4 Å². The Balaban J connectivity index is 2.68. The summed E-state index contributed by atoms with van der Waals surface area (Å²) >= 11 is 0. The van der Waals surface area contributed by atoms with Crippen molar-refractivity contribution >= 4 is 11.8 Å². The van der Waals surface area contributed by atoms with Crippen molar-refractivity contribution in [1.29, 1.82) is 0 Å². The van der Waals surface area contributed by atoms with Gasteiger partial charge in [0, 0.05) is 11.5 Å². The van der Waals surface area contributed by atoms with Crippen molar-refractivity contribution in [1.82, 2.24) is 0 Å². The smallest absolute Gasteiger partial charge is 0.412 e. The molecule has 1 aromatic rings. The molecule has 0 saturated heterocycles. The van der Waals surface area contributed by atoms with Crippen LogP contribution in [-0.2, 0) is 11.2 Å². The maximum Gasteiger partial charge on any atom is 0.412 e. The molecule has 0 aliphatic heterocycles. The number of amides is 1. The van der Waals surface area contributed by atoms with E-state index in [1.165, 1.54) is 6.07 Å². The van der Waals surface area contributed by atoms with Crippen LogP contribution in [0.2, 0.25) is 0 Å². The minimum absolute atomic E-state index is 0.0608. The second-order valence-electron chi connectivity index (χ2n) is 5.18. The Kier molecular flexibility index (Phi) is 5.23. The zero-order chi connectivity index (χ0) is 15.2. The minimum atomic E-state index is -0.630. The minimum Gasteiger partial charge on any atom is -0.506 e. The van der Waals surface area contributed by atoms with Gasteiger partial charge in [0.2, 0.25) is 0 Å². The van der Waals surface area contributed by atoms with Crippen LogP contribution in [0.5, 0.6) is 5.75 Å². The van der Waals surface area contributed by atoms with Crippen LogP contribution in [0.1, 0.15) is 26.3 Å². The fourth-order valence-electron chi connectivity index (χ4n) is 1.48. The molecule has 0 aliphatic rings. The SMILES string of the molecule is CC(C)(C)OC(=O)Nc1ccc(CCN=[N+]=[N-])cc1O. The van der Waals surface area contributed by atoms with Crippen LogP contribution in [-0.4, -0.2) is 23.3 Å². The lowest BCUT2D eigenvalue weighted by Gasteiger charge is -2.20. The third-order valence-corrected chi connectivity index (χ3v) is 2.26. The van der Waals surface area contributed by atoms with E-state index in [0.29, 0.717) is 13.0 Å². The molecule has 7 heteroatoms. The first-order chi connectivity index (χ1) is 9.31. The number of phenolic OH excluding ortho intramolecular Hbond substituents is 1. The van der Waals surface area contributed by atoms with E-state index < -0.39 is 11.7 Å². The van der Waals surface area contributed by atoms with Gasteiger partial charge in [0.05, 0.1) is 5.69 Å². The molecule has 0 bridgehead atoms. The molecule has 0 unspecified atom stereocenters. The van der Waals surface area contributed by atoms with Gasteiger partial charge in [-0.05, 0) is 50.4 Å². The average Bonchev–Trinajstić information content (AvgIpc) is 2.30. The second kappa shape index (κ2) is 6.68. The molecule has 0 atom stereocenters.